The molecule has 2 aromatic rings. The van der Waals surface area contributed by atoms with E-state index in [1.54, 1.807) is 6.07 Å². The standard InChI is InChI=1S/C8H3ClINO2/c9-7(12)8-11-5-3-4(10)1-2-6(5)13-8/h1-3H. The number of hydrogen-bond donors (Lipinski definition) is 0. The number of hydrogen-bond acceptors (Lipinski definition) is 3. The molecule has 1 aromatic carbocycles. The summed E-state index contributed by atoms with van der Waals surface area (Å²) in [5.74, 6) is -0.0568. The molecule has 0 bridgehead atoms. The summed E-state index contributed by atoms with van der Waals surface area (Å²) in [6.45, 7) is 0. The van der Waals surface area contributed by atoms with Gasteiger partial charge in [-0.2, -0.15) is 0 Å². The van der Waals surface area contributed by atoms with Gasteiger partial charge in [0, 0.05) is 3.57 Å². The monoisotopic (exact) mass is 307 g/mol. The third-order valence-corrected chi connectivity index (χ3v) is 2.35. The number of oxazole rings is 1. The van der Waals surface area contributed by atoms with Crippen LogP contribution in [0.25, 0.3) is 11.1 Å². The first-order valence-electron chi connectivity index (χ1n) is 3.43. The van der Waals surface area contributed by atoms with Crippen molar-refractivity contribution < 1.29 is 9.21 Å². The van der Waals surface area contributed by atoms with E-state index in [4.69, 9.17) is 16.0 Å². The van der Waals surface area contributed by atoms with Gasteiger partial charge in [0.2, 0.25) is 0 Å². The topological polar surface area (TPSA) is 43.1 Å². The van der Waals surface area contributed by atoms with Gasteiger partial charge in [0.25, 0.3) is 5.89 Å². The number of nitrogens with zero attached hydrogens (tertiary/aromatic N) is 1. The lowest BCUT2D eigenvalue weighted by Gasteiger charge is -1.85. The molecule has 1 heterocycles. The van der Waals surface area contributed by atoms with Gasteiger partial charge in [-0.05, 0) is 52.4 Å². The lowest BCUT2D eigenvalue weighted by Crippen LogP contribution is -1.86. The molecular formula is C8H3ClINO2. The Bertz CT molecular complexity index is 480. The zero-order valence-electron chi connectivity index (χ0n) is 6.25. The van der Waals surface area contributed by atoms with Crippen molar-refractivity contribution in [2.24, 2.45) is 0 Å². The van der Waals surface area contributed by atoms with Crippen LogP contribution >= 0.6 is 34.2 Å². The van der Waals surface area contributed by atoms with Crippen LogP contribution in [-0.2, 0) is 0 Å². The molecule has 5 heteroatoms. The van der Waals surface area contributed by atoms with E-state index in [1.807, 2.05) is 12.1 Å². The first-order valence-corrected chi connectivity index (χ1v) is 4.88. The van der Waals surface area contributed by atoms with Crippen molar-refractivity contribution in [3.63, 3.8) is 0 Å². The number of carbonyl (C=O) groups excluding carboxylic acids is 1. The summed E-state index contributed by atoms with van der Waals surface area (Å²) in [7, 11) is 0. The highest BCUT2D eigenvalue weighted by molar-refractivity contribution is 14.1. The minimum atomic E-state index is -0.675. The van der Waals surface area contributed by atoms with Crippen LogP contribution in [0.3, 0.4) is 0 Å². The van der Waals surface area contributed by atoms with Crippen molar-refractivity contribution in [1.82, 2.24) is 4.98 Å². The van der Waals surface area contributed by atoms with Crippen molar-refractivity contribution in [2.75, 3.05) is 0 Å². The minimum Gasteiger partial charge on any atom is -0.433 e. The molecule has 13 heavy (non-hydrogen) atoms. The fraction of sp³-hybridized carbons (Fsp3) is 0. The second-order valence-corrected chi connectivity index (χ2v) is 3.99. The van der Waals surface area contributed by atoms with E-state index in [0.29, 0.717) is 11.1 Å². The van der Waals surface area contributed by atoms with E-state index in [2.05, 4.69) is 27.6 Å². The molecule has 0 aliphatic heterocycles. The number of benzene rings is 1. The Hall–Kier alpha value is -0.620. The first-order chi connectivity index (χ1) is 6.16. The zero-order chi connectivity index (χ0) is 9.42. The molecule has 2 rings (SSSR count). The molecule has 0 aliphatic rings. The van der Waals surface area contributed by atoms with Crippen LogP contribution in [0.15, 0.2) is 22.6 Å². The summed E-state index contributed by atoms with van der Waals surface area (Å²) in [4.78, 5) is 14.6. The SMILES string of the molecule is O=C(Cl)c1nc2cc(I)ccc2o1. The molecule has 0 aliphatic carbocycles. The summed E-state index contributed by atoms with van der Waals surface area (Å²) in [5, 5.41) is -0.675. The molecule has 66 valence electrons. The van der Waals surface area contributed by atoms with Gasteiger partial charge in [-0.25, -0.2) is 4.98 Å². The smallest absolute Gasteiger partial charge is 0.307 e. The molecule has 1 aromatic heterocycles. The van der Waals surface area contributed by atoms with Gasteiger partial charge in [0.1, 0.15) is 5.52 Å². The van der Waals surface area contributed by atoms with Crippen molar-refractivity contribution >= 4 is 50.5 Å². The van der Waals surface area contributed by atoms with Gasteiger partial charge >= 0.3 is 5.24 Å². The molecule has 3 nitrogen and oxygen atoms in total. The Balaban J connectivity index is 2.68. The molecule has 0 fully saturated rings. The number of rotatable bonds is 1. The largest absolute Gasteiger partial charge is 0.433 e. The molecule has 0 saturated carbocycles. The van der Waals surface area contributed by atoms with Gasteiger partial charge < -0.3 is 4.42 Å². The molecule has 0 atom stereocenters. The average Bonchev–Trinajstić information content (AvgIpc) is 2.46. The van der Waals surface area contributed by atoms with E-state index in [9.17, 15) is 4.79 Å². The quantitative estimate of drug-likeness (QED) is 0.601. The Kier molecular flexibility index (Phi) is 2.25. The number of halogens is 2. The normalized spacial score (nSPS) is 10.6. The van der Waals surface area contributed by atoms with E-state index in [-0.39, 0.29) is 5.89 Å². The molecule has 0 amide bonds. The molecule has 0 N–H and O–H groups in total. The number of aromatic nitrogens is 1. The lowest BCUT2D eigenvalue weighted by atomic mass is 10.3. The number of fused-ring (bicyclic) bond motifs is 1. The van der Waals surface area contributed by atoms with Crippen LogP contribution in [0.4, 0.5) is 0 Å². The van der Waals surface area contributed by atoms with Crippen LogP contribution in [0.1, 0.15) is 10.7 Å². The van der Waals surface area contributed by atoms with Crippen LogP contribution in [0, 0.1) is 3.57 Å². The van der Waals surface area contributed by atoms with Gasteiger partial charge in [-0.15, -0.1) is 0 Å². The Morgan fingerprint density at radius 3 is 3.00 bits per heavy atom. The van der Waals surface area contributed by atoms with E-state index in [0.717, 1.165) is 3.57 Å². The van der Waals surface area contributed by atoms with Crippen LogP contribution in [0.2, 0.25) is 0 Å². The third kappa shape index (κ3) is 1.68. The predicted octanol–water partition coefficient (Wildman–Crippen LogP) is 2.81. The van der Waals surface area contributed by atoms with Crippen molar-refractivity contribution in [3.05, 3.63) is 27.7 Å². The summed E-state index contributed by atoms with van der Waals surface area (Å²) in [6.07, 6.45) is 0. The second-order valence-electron chi connectivity index (χ2n) is 2.40. The Labute approximate surface area is 92.2 Å². The second kappa shape index (κ2) is 3.26. The molecule has 0 spiro atoms. The summed E-state index contributed by atoms with van der Waals surface area (Å²) in [6, 6.07) is 5.45. The van der Waals surface area contributed by atoms with Crippen molar-refractivity contribution in [3.8, 4) is 0 Å². The molecule has 0 unspecified atom stereocenters. The lowest BCUT2D eigenvalue weighted by molar-refractivity contribution is 0.105. The van der Waals surface area contributed by atoms with Crippen LogP contribution in [-0.4, -0.2) is 10.2 Å². The highest BCUT2D eigenvalue weighted by atomic mass is 127. The predicted molar refractivity (Wildman–Crippen MR) is 56.9 cm³/mol. The summed E-state index contributed by atoms with van der Waals surface area (Å²) < 4.78 is 6.12. The molecule has 0 radical (unpaired) electrons. The third-order valence-electron chi connectivity index (χ3n) is 1.52. The maximum atomic E-state index is 10.7. The van der Waals surface area contributed by atoms with Gasteiger partial charge in [0.05, 0.1) is 0 Å². The van der Waals surface area contributed by atoms with Crippen LogP contribution in [0.5, 0.6) is 0 Å². The Morgan fingerprint density at radius 2 is 2.31 bits per heavy atom. The summed E-state index contributed by atoms with van der Waals surface area (Å²) >= 11 is 7.37. The van der Waals surface area contributed by atoms with E-state index in [1.165, 1.54) is 0 Å². The Morgan fingerprint density at radius 1 is 1.54 bits per heavy atom. The highest BCUT2D eigenvalue weighted by Crippen LogP contribution is 2.18. The van der Waals surface area contributed by atoms with Crippen molar-refractivity contribution in [2.45, 2.75) is 0 Å². The fourth-order valence-corrected chi connectivity index (χ4v) is 1.54. The van der Waals surface area contributed by atoms with Crippen LogP contribution < -0.4 is 0 Å². The molecule has 0 saturated heterocycles. The number of carbonyl (C=O) groups is 1. The average molecular weight is 307 g/mol. The first kappa shape index (κ1) is 8.96. The summed E-state index contributed by atoms with van der Waals surface area (Å²) in [5.41, 5.74) is 1.22. The van der Waals surface area contributed by atoms with Gasteiger partial charge in [-0.1, -0.05) is 0 Å². The van der Waals surface area contributed by atoms with E-state index < -0.39 is 5.24 Å². The maximum absolute atomic E-state index is 10.7. The molecular weight excluding hydrogens is 304 g/mol. The van der Waals surface area contributed by atoms with E-state index >= 15 is 0 Å². The highest BCUT2D eigenvalue weighted by Gasteiger charge is 2.11. The fourth-order valence-electron chi connectivity index (χ4n) is 0.985. The zero-order valence-corrected chi connectivity index (χ0v) is 9.17. The maximum Gasteiger partial charge on any atom is 0.307 e. The minimum absolute atomic E-state index is 0.0568. The van der Waals surface area contributed by atoms with Crippen molar-refractivity contribution in [1.29, 1.82) is 0 Å². The van der Waals surface area contributed by atoms with Gasteiger partial charge in [0.15, 0.2) is 5.58 Å². The van der Waals surface area contributed by atoms with Gasteiger partial charge in [-0.3, -0.25) is 4.79 Å².